The molecule has 33 heavy (non-hydrogen) atoms. The van der Waals surface area contributed by atoms with Crippen LogP contribution in [0.15, 0.2) is 44.7 Å². The molecule has 3 aromatic heterocycles. The first-order valence-electron chi connectivity index (χ1n) is 10.3. The third kappa shape index (κ3) is 4.11. The lowest BCUT2D eigenvalue weighted by Gasteiger charge is -2.20. The molecule has 0 atom stereocenters. The van der Waals surface area contributed by atoms with Crippen LogP contribution in [0.5, 0.6) is 0 Å². The Hall–Kier alpha value is -2.91. The number of fused-ring (bicyclic) bond motifs is 1. The first-order chi connectivity index (χ1) is 15.6. The summed E-state index contributed by atoms with van der Waals surface area (Å²) in [6.45, 7) is 7.76. The Morgan fingerprint density at radius 1 is 1.03 bits per heavy atom. The smallest absolute Gasteiger partial charge is 0.273 e. The van der Waals surface area contributed by atoms with E-state index in [2.05, 4.69) is 35.9 Å². The van der Waals surface area contributed by atoms with Gasteiger partial charge in [0.2, 0.25) is 0 Å². The number of halogens is 3. The summed E-state index contributed by atoms with van der Waals surface area (Å²) in [6.07, 6.45) is 0. The number of H-pyrrole nitrogens is 1. The molecule has 0 fully saturated rings. The minimum Gasteiger partial charge on any atom is -0.273 e. The lowest BCUT2D eigenvalue weighted by molar-refractivity contribution is 0.631. The molecule has 10 heteroatoms. The number of benzene rings is 1. The molecule has 1 N–H and O–H groups in total. The van der Waals surface area contributed by atoms with Crippen LogP contribution >= 0.6 is 27.5 Å². The van der Waals surface area contributed by atoms with Crippen molar-refractivity contribution in [1.82, 2.24) is 24.5 Å². The van der Waals surface area contributed by atoms with Crippen LogP contribution in [0, 0.1) is 5.82 Å². The zero-order valence-electron chi connectivity index (χ0n) is 18.3. The van der Waals surface area contributed by atoms with E-state index in [-0.39, 0.29) is 39.1 Å². The van der Waals surface area contributed by atoms with Gasteiger partial charge in [-0.1, -0.05) is 51.4 Å². The Morgan fingerprint density at radius 3 is 2.21 bits per heavy atom. The summed E-state index contributed by atoms with van der Waals surface area (Å²) in [5.41, 5.74) is 0.609. The number of aromatic nitrogens is 5. The molecule has 7 nitrogen and oxygen atoms in total. The Bertz CT molecular complexity index is 1480. The normalized spacial score (nSPS) is 11.7. The highest BCUT2D eigenvalue weighted by atomic mass is 79.9. The fraction of sp³-hybridized carbons (Fsp3) is 0.261. The Labute approximate surface area is 201 Å². The molecule has 4 rings (SSSR count). The van der Waals surface area contributed by atoms with Crippen molar-refractivity contribution in [2.24, 2.45) is 0 Å². The van der Waals surface area contributed by atoms with E-state index >= 15 is 0 Å². The van der Waals surface area contributed by atoms with E-state index in [9.17, 15) is 14.0 Å². The quantitative estimate of drug-likeness (QED) is 0.359. The van der Waals surface area contributed by atoms with Gasteiger partial charge in [0.05, 0.1) is 33.2 Å². The second kappa shape index (κ2) is 8.79. The summed E-state index contributed by atoms with van der Waals surface area (Å²) >= 11 is 9.76. The van der Waals surface area contributed by atoms with E-state index in [0.29, 0.717) is 21.8 Å². The minimum absolute atomic E-state index is 0.0427. The van der Waals surface area contributed by atoms with Gasteiger partial charge in [0.1, 0.15) is 5.82 Å². The van der Waals surface area contributed by atoms with Crippen molar-refractivity contribution in [3.63, 3.8) is 0 Å². The molecule has 0 spiro atoms. The summed E-state index contributed by atoms with van der Waals surface area (Å²) in [5.74, 6) is -0.685. The van der Waals surface area contributed by atoms with Gasteiger partial charge < -0.3 is 0 Å². The van der Waals surface area contributed by atoms with E-state index in [1.165, 1.54) is 22.8 Å². The molecule has 0 aliphatic rings. The van der Waals surface area contributed by atoms with Crippen molar-refractivity contribution in [2.75, 3.05) is 0 Å². The summed E-state index contributed by atoms with van der Waals surface area (Å²) in [4.78, 5) is 41.7. The van der Waals surface area contributed by atoms with Crippen LogP contribution in [0.4, 0.5) is 4.39 Å². The number of nitrogens with zero attached hydrogens (tertiary/aromatic N) is 4. The number of hydrogen-bond donors (Lipinski definition) is 1. The molecule has 3 heterocycles. The first-order valence-corrected chi connectivity index (χ1v) is 11.5. The van der Waals surface area contributed by atoms with E-state index in [4.69, 9.17) is 11.6 Å². The molecular weight excluding hydrogens is 513 g/mol. The van der Waals surface area contributed by atoms with Gasteiger partial charge in [-0.2, -0.15) is 0 Å². The van der Waals surface area contributed by atoms with E-state index in [0.717, 1.165) is 0 Å². The summed E-state index contributed by atoms with van der Waals surface area (Å²) in [7, 11) is 0. The van der Waals surface area contributed by atoms with Crippen LogP contribution in [-0.4, -0.2) is 24.5 Å². The monoisotopic (exact) mass is 531 g/mol. The van der Waals surface area contributed by atoms with Crippen molar-refractivity contribution in [1.29, 1.82) is 0 Å². The number of pyridine rings is 1. The van der Waals surface area contributed by atoms with Crippen molar-refractivity contribution in [3.05, 3.63) is 78.1 Å². The molecule has 0 amide bonds. The predicted octanol–water partition coefficient (Wildman–Crippen LogP) is 5.33. The minimum atomic E-state index is -0.698. The molecular formula is C23H20BrClFN5O2. The maximum atomic E-state index is 14.6. The summed E-state index contributed by atoms with van der Waals surface area (Å²) in [5, 5.41) is 0.176. The van der Waals surface area contributed by atoms with Crippen molar-refractivity contribution < 1.29 is 4.39 Å². The number of rotatable bonds is 4. The third-order valence-corrected chi connectivity index (χ3v) is 5.84. The van der Waals surface area contributed by atoms with Crippen LogP contribution in [-0.2, 0) is 0 Å². The number of nitrogens with one attached hydrogen (secondary N) is 1. The van der Waals surface area contributed by atoms with Crippen LogP contribution < -0.4 is 11.2 Å². The van der Waals surface area contributed by atoms with Gasteiger partial charge in [-0.25, -0.2) is 28.7 Å². The second-order valence-electron chi connectivity index (χ2n) is 8.19. The number of hydrogen-bond acceptors (Lipinski definition) is 5. The van der Waals surface area contributed by atoms with Gasteiger partial charge >= 0.3 is 5.69 Å². The maximum absolute atomic E-state index is 14.6. The highest BCUT2D eigenvalue weighted by molar-refractivity contribution is 9.10. The first kappa shape index (κ1) is 23.3. The lowest BCUT2D eigenvalue weighted by atomic mass is 10.0. The molecule has 4 aromatic rings. The molecule has 1 aromatic carbocycles. The molecule has 0 aliphatic carbocycles. The van der Waals surface area contributed by atoms with Gasteiger partial charge in [-0.3, -0.25) is 9.78 Å². The van der Waals surface area contributed by atoms with Crippen LogP contribution in [0.1, 0.15) is 50.9 Å². The van der Waals surface area contributed by atoms with Crippen LogP contribution in [0.2, 0.25) is 5.02 Å². The van der Waals surface area contributed by atoms with Gasteiger partial charge in [-0.05, 0) is 46.0 Å². The highest BCUT2D eigenvalue weighted by Gasteiger charge is 2.25. The average Bonchev–Trinajstić information content (AvgIpc) is 2.74. The Balaban J connectivity index is 2.21. The molecule has 0 saturated carbocycles. The largest absolute Gasteiger partial charge is 0.334 e. The lowest BCUT2D eigenvalue weighted by Crippen LogP contribution is -2.32. The predicted molar refractivity (Wildman–Crippen MR) is 130 cm³/mol. The Morgan fingerprint density at radius 2 is 1.64 bits per heavy atom. The highest BCUT2D eigenvalue weighted by Crippen LogP contribution is 2.33. The molecule has 0 radical (unpaired) electrons. The van der Waals surface area contributed by atoms with E-state index in [1.807, 2.05) is 27.7 Å². The zero-order chi connectivity index (χ0) is 24.0. The van der Waals surface area contributed by atoms with Crippen molar-refractivity contribution in [2.45, 2.75) is 39.5 Å². The van der Waals surface area contributed by atoms with Gasteiger partial charge in [0.15, 0.2) is 10.4 Å². The van der Waals surface area contributed by atoms with Gasteiger partial charge in [0.25, 0.3) is 5.56 Å². The fourth-order valence-corrected chi connectivity index (χ4v) is 4.31. The zero-order valence-corrected chi connectivity index (χ0v) is 20.6. The second-order valence-corrected chi connectivity index (χ2v) is 9.30. The van der Waals surface area contributed by atoms with Gasteiger partial charge in [-0.15, -0.1) is 0 Å². The molecule has 0 unspecified atom stereocenters. The fourth-order valence-electron chi connectivity index (χ4n) is 3.68. The van der Waals surface area contributed by atoms with Crippen LogP contribution in [0.3, 0.4) is 0 Å². The standard InChI is InChI=1S/C23H20BrClFN5O2/c1-10(2)16-19(17(11(3)4)29-22(24)28-16)31-20-13(21(32)30-23(31)33)9-14(25)18(27-20)12-7-5-6-8-15(12)26/h5-11H,1-4H3,(H,30,32,33). The van der Waals surface area contributed by atoms with Crippen molar-refractivity contribution >= 4 is 38.6 Å². The third-order valence-electron chi connectivity index (χ3n) is 5.19. The molecule has 0 saturated heterocycles. The molecule has 170 valence electrons. The Kier molecular flexibility index (Phi) is 6.20. The SMILES string of the molecule is CC(C)c1nc(Br)nc(C(C)C)c1-n1c(=O)[nH]c(=O)c2cc(Cl)c(-c3ccccc3F)nc21. The summed E-state index contributed by atoms with van der Waals surface area (Å²) < 4.78 is 16.2. The average molecular weight is 533 g/mol. The molecule has 0 aliphatic heterocycles. The van der Waals surface area contributed by atoms with Crippen LogP contribution in [0.25, 0.3) is 28.0 Å². The topological polar surface area (TPSA) is 93.5 Å². The summed E-state index contributed by atoms with van der Waals surface area (Å²) in [6, 6.07) is 7.43. The van der Waals surface area contributed by atoms with Gasteiger partial charge in [0, 0.05) is 5.56 Å². The maximum Gasteiger partial charge on any atom is 0.334 e. The van der Waals surface area contributed by atoms with E-state index in [1.54, 1.807) is 12.1 Å². The van der Waals surface area contributed by atoms with Crippen molar-refractivity contribution in [3.8, 4) is 16.9 Å². The number of aromatic amines is 1. The van der Waals surface area contributed by atoms with E-state index < -0.39 is 17.1 Å². The molecule has 0 bridgehead atoms.